The van der Waals surface area contributed by atoms with E-state index in [0.717, 1.165) is 0 Å². The Bertz CT molecular complexity index is 8.00. The maximum atomic E-state index is 8.34. The summed E-state index contributed by atoms with van der Waals surface area (Å²) in [4.78, 5) is 0. The topological polar surface area (TPSA) is 17.1 Å². The van der Waals surface area contributed by atoms with Crippen molar-refractivity contribution in [3.05, 3.63) is 0 Å². The van der Waals surface area contributed by atoms with Crippen molar-refractivity contribution in [2.75, 3.05) is 0 Å². The molecule has 0 aliphatic rings. The Morgan fingerprint density at radius 3 is 1.25 bits per heavy atom. The first-order valence-corrected chi connectivity index (χ1v) is 1.21. The quantitative estimate of drug-likeness (QED) is 0.528. The van der Waals surface area contributed by atoms with Crippen LogP contribution in [0.2, 0.25) is 0 Å². The molecule has 1 radical (unpaired) electrons. The van der Waals surface area contributed by atoms with Gasteiger partial charge in [0.15, 0.2) is 0 Å². The molecule has 15 valence electrons. The SMILES string of the molecule is [La].[NaH].[O]=[Zr]. The van der Waals surface area contributed by atoms with Crippen LogP contribution in [0.25, 0.3) is 0 Å². The molecule has 0 aromatic rings. The third-order valence-electron chi connectivity index (χ3n) is 0. The summed E-state index contributed by atoms with van der Waals surface area (Å²) in [5, 5.41) is 0. The Morgan fingerprint density at radius 2 is 1.25 bits per heavy atom. The summed E-state index contributed by atoms with van der Waals surface area (Å²) in [5.74, 6) is 0. The van der Waals surface area contributed by atoms with Crippen molar-refractivity contribution in [2.45, 2.75) is 0 Å². The Labute approximate surface area is 90.5 Å². The molecule has 0 aromatic carbocycles. The van der Waals surface area contributed by atoms with Gasteiger partial charge in [0.1, 0.15) is 0 Å². The fourth-order valence-electron chi connectivity index (χ4n) is 0. The van der Waals surface area contributed by atoms with Gasteiger partial charge in [0, 0.05) is 35.6 Å². The molecule has 0 aliphatic heterocycles. The van der Waals surface area contributed by atoms with E-state index < -0.39 is 0 Å². The molecule has 0 atom stereocenters. The molecule has 4 heteroatoms. The average molecular weight is 270 g/mol. The van der Waals surface area contributed by atoms with E-state index in [9.17, 15) is 0 Å². The molecule has 0 saturated heterocycles. The van der Waals surface area contributed by atoms with Gasteiger partial charge in [0.2, 0.25) is 0 Å². The van der Waals surface area contributed by atoms with Gasteiger partial charge in [-0.15, -0.1) is 0 Å². The van der Waals surface area contributed by atoms with Gasteiger partial charge in [0.25, 0.3) is 0 Å². The number of rotatable bonds is 0. The fourth-order valence-corrected chi connectivity index (χ4v) is 0. The molecular weight excluding hydrogens is 269 g/mol. The Kier molecular flexibility index (Phi) is 66.7. The first kappa shape index (κ1) is 15.8. The zero-order chi connectivity index (χ0) is 2.00. The van der Waals surface area contributed by atoms with Crippen LogP contribution in [0.1, 0.15) is 0 Å². The summed E-state index contributed by atoms with van der Waals surface area (Å²) in [6, 6.07) is 0. The van der Waals surface area contributed by atoms with Gasteiger partial charge < -0.3 is 0 Å². The normalized spacial score (nSPS) is 0.750. The molecule has 0 amide bonds. The van der Waals surface area contributed by atoms with Gasteiger partial charge >= 0.3 is 57.1 Å². The molecule has 0 unspecified atom stereocenters. The first-order valence-electron chi connectivity index (χ1n) is 0.204. The summed E-state index contributed by atoms with van der Waals surface area (Å²) < 4.78 is 8.34. The molecular formula is HLaNaOZr. The third kappa shape index (κ3) is 8.86. The van der Waals surface area contributed by atoms with E-state index in [4.69, 9.17) is 2.81 Å². The Balaban J connectivity index is -0.00000000500. The van der Waals surface area contributed by atoms with Gasteiger partial charge in [-0.05, 0) is 0 Å². The van der Waals surface area contributed by atoms with Crippen LogP contribution in [0, 0.1) is 35.6 Å². The molecule has 0 heterocycles. The summed E-state index contributed by atoms with van der Waals surface area (Å²) in [6.45, 7) is 0. The zero-order valence-electron chi connectivity index (χ0n) is 1.49. The number of hydrogen-bond donors (Lipinski definition) is 0. The predicted molar refractivity (Wildman–Crippen MR) is 7.84 cm³/mol. The van der Waals surface area contributed by atoms with Crippen LogP contribution in [-0.2, 0) is 27.5 Å². The summed E-state index contributed by atoms with van der Waals surface area (Å²) in [6.07, 6.45) is 0. The molecule has 4 heavy (non-hydrogen) atoms. The summed E-state index contributed by atoms with van der Waals surface area (Å²) in [7, 11) is 0. The van der Waals surface area contributed by atoms with Crippen molar-refractivity contribution in [2.24, 2.45) is 0 Å². The third-order valence-corrected chi connectivity index (χ3v) is 0. The van der Waals surface area contributed by atoms with Crippen LogP contribution in [0.15, 0.2) is 0 Å². The zero-order valence-corrected chi connectivity index (χ0v) is 7.57. The van der Waals surface area contributed by atoms with Crippen molar-refractivity contribution in [3.8, 4) is 0 Å². The van der Waals surface area contributed by atoms with Gasteiger partial charge in [-0.2, -0.15) is 0 Å². The molecule has 0 aromatic heterocycles. The fraction of sp³-hybridized carbons (Fsp3) is 0. The second kappa shape index (κ2) is 16.9. The molecule has 0 rings (SSSR count). The number of hydrogen-bond acceptors (Lipinski definition) is 1. The molecule has 0 aliphatic carbocycles. The van der Waals surface area contributed by atoms with Crippen LogP contribution in [-0.4, -0.2) is 29.6 Å². The van der Waals surface area contributed by atoms with Gasteiger partial charge in [-0.25, -0.2) is 0 Å². The monoisotopic (exact) mass is 269 g/mol. The first-order chi connectivity index (χ1) is 1.00. The van der Waals surface area contributed by atoms with Gasteiger partial charge in [-0.1, -0.05) is 0 Å². The second-order valence-corrected chi connectivity index (χ2v) is 0. The van der Waals surface area contributed by atoms with E-state index in [2.05, 4.69) is 0 Å². The predicted octanol–water partition coefficient (Wildman–Crippen LogP) is -0.770. The molecule has 0 saturated carbocycles. The molecule has 0 N–H and O–H groups in total. The van der Waals surface area contributed by atoms with Crippen LogP contribution in [0.3, 0.4) is 0 Å². The van der Waals surface area contributed by atoms with Crippen molar-refractivity contribution in [3.63, 3.8) is 0 Å². The molecule has 0 fully saturated rings. The molecule has 0 spiro atoms. The van der Waals surface area contributed by atoms with Crippen molar-refractivity contribution >= 4 is 29.6 Å². The van der Waals surface area contributed by atoms with E-state index in [0.29, 0.717) is 24.7 Å². The van der Waals surface area contributed by atoms with Crippen LogP contribution >= 0.6 is 0 Å². The van der Waals surface area contributed by atoms with E-state index in [1.165, 1.54) is 0 Å². The Morgan fingerprint density at radius 1 is 1.25 bits per heavy atom. The minimum atomic E-state index is 0. The van der Waals surface area contributed by atoms with Crippen LogP contribution < -0.4 is 0 Å². The average Bonchev–Trinajstić information content (AvgIpc) is 1.00. The van der Waals surface area contributed by atoms with Crippen molar-refractivity contribution in [1.82, 2.24) is 0 Å². The Hall–Kier alpha value is 2.88. The van der Waals surface area contributed by atoms with Gasteiger partial charge in [-0.3, -0.25) is 0 Å². The summed E-state index contributed by atoms with van der Waals surface area (Å²) in [5.41, 5.74) is 0. The van der Waals surface area contributed by atoms with Crippen LogP contribution in [0.4, 0.5) is 0 Å². The van der Waals surface area contributed by atoms with Crippen molar-refractivity contribution < 1.29 is 63.1 Å². The van der Waals surface area contributed by atoms with Gasteiger partial charge in [0.05, 0.1) is 0 Å². The van der Waals surface area contributed by atoms with Crippen LogP contribution in [0.5, 0.6) is 0 Å². The van der Waals surface area contributed by atoms with Crippen molar-refractivity contribution in [1.29, 1.82) is 0 Å². The van der Waals surface area contributed by atoms with E-state index in [-0.39, 0.29) is 65.2 Å². The molecule has 0 bridgehead atoms. The maximum absolute atomic E-state index is 8.34. The molecule has 1 nitrogen and oxygen atoms in total. The van der Waals surface area contributed by atoms with E-state index in [1.807, 2.05) is 0 Å². The van der Waals surface area contributed by atoms with E-state index in [1.54, 1.807) is 0 Å². The standard InChI is InChI=1S/La.Na.O.Zr.H. The second-order valence-electron chi connectivity index (χ2n) is 0. The summed E-state index contributed by atoms with van der Waals surface area (Å²) >= 11 is 0.300. The van der Waals surface area contributed by atoms with E-state index >= 15 is 0 Å². The minimum absolute atomic E-state index is 0.